The van der Waals surface area contributed by atoms with Gasteiger partial charge in [0, 0.05) is 10.8 Å². The molecule has 94 valence electrons. The zero-order valence-electron chi connectivity index (χ0n) is 10.4. The Morgan fingerprint density at radius 1 is 1.28 bits per heavy atom. The van der Waals surface area contributed by atoms with Crippen LogP contribution in [0.25, 0.3) is 10.9 Å². The molecule has 0 amide bonds. The van der Waals surface area contributed by atoms with Crippen LogP contribution < -0.4 is 0 Å². The maximum absolute atomic E-state index is 13.7. The Kier molecular flexibility index (Phi) is 2.77. The molecule has 0 saturated carbocycles. The van der Waals surface area contributed by atoms with Crippen LogP contribution in [0.2, 0.25) is 0 Å². The fourth-order valence-corrected chi connectivity index (χ4v) is 1.78. The number of fused-ring (bicyclic) bond motifs is 1. The second-order valence-corrected chi connectivity index (χ2v) is 5.09. The van der Waals surface area contributed by atoms with E-state index in [1.807, 2.05) is 20.8 Å². The summed E-state index contributed by atoms with van der Waals surface area (Å²) < 4.78 is 13.7. The predicted octanol–water partition coefficient (Wildman–Crippen LogP) is 2.76. The minimum absolute atomic E-state index is 0.0508. The van der Waals surface area contributed by atoms with Gasteiger partial charge in [-0.2, -0.15) is 0 Å². The summed E-state index contributed by atoms with van der Waals surface area (Å²) in [6.07, 6.45) is 0. The SMILES string of the molecule is CC(C)(C)c1nc(C(=O)O)nc2c(F)cccc12. The highest BCUT2D eigenvalue weighted by Crippen LogP contribution is 2.28. The lowest BCUT2D eigenvalue weighted by molar-refractivity contribution is 0.0683. The van der Waals surface area contributed by atoms with Crippen LogP contribution in [0.15, 0.2) is 18.2 Å². The van der Waals surface area contributed by atoms with Gasteiger partial charge < -0.3 is 5.11 Å². The van der Waals surface area contributed by atoms with Crippen molar-refractivity contribution in [2.75, 3.05) is 0 Å². The summed E-state index contributed by atoms with van der Waals surface area (Å²) in [7, 11) is 0. The number of aromatic carboxylic acids is 1. The van der Waals surface area contributed by atoms with Crippen LogP contribution in [-0.2, 0) is 5.41 Å². The molecule has 0 aliphatic rings. The van der Waals surface area contributed by atoms with Crippen LogP contribution in [-0.4, -0.2) is 21.0 Å². The fourth-order valence-electron chi connectivity index (χ4n) is 1.78. The van der Waals surface area contributed by atoms with Crippen molar-refractivity contribution in [3.05, 3.63) is 35.5 Å². The molecule has 0 bridgehead atoms. The molecular formula is C13H13FN2O2. The summed E-state index contributed by atoms with van der Waals surface area (Å²) in [5.74, 6) is -2.17. The van der Waals surface area contributed by atoms with Gasteiger partial charge in [-0.15, -0.1) is 0 Å². The van der Waals surface area contributed by atoms with Crippen molar-refractivity contribution in [3.8, 4) is 0 Å². The monoisotopic (exact) mass is 248 g/mol. The minimum Gasteiger partial charge on any atom is -0.475 e. The molecule has 4 nitrogen and oxygen atoms in total. The molecule has 0 aliphatic heterocycles. The van der Waals surface area contributed by atoms with Crippen molar-refractivity contribution in [3.63, 3.8) is 0 Å². The Hall–Kier alpha value is -2.04. The topological polar surface area (TPSA) is 63.1 Å². The number of carboxylic acids is 1. The van der Waals surface area contributed by atoms with Crippen LogP contribution in [0.5, 0.6) is 0 Å². The van der Waals surface area contributed by atoms with Crippen molar-refractivity contribution in [2.45, 2.75) is 26.2 Å². The largest absolute Gasteiger partial charge is 0.475 e. The fraction of sp³-hybridized carbons (Fsp3) is 0.308. The van der Waals surface area contributed by atoms with Crippen molar-refractivity contribution in [2.24, 2.45) is 0 Å². The zero-order valence-corrected chi connectivity index (χ0v) is 10.4. The van der Waals surface area contributed by atoms with Gasteiger partial charge in [0.2, 0.25) is 5.82 Å². The average molecular weight is 248 g/mol. The Labute approximate surface area is 103 Å². The molecule has 0 fully saturated rings. The number of benzene rings is 1. The summed E-state index contributed by atoms with van der Waals surface area (Å²) >= 11 is 0. The Bertz CT molecular complexity index is 633. The summed E-state index contributed by atoms with van der Waals surface area (Å²) in [5, 5.41) is 9.53. The van der Waals surface area contributed by atoms with E-state index in [-0.39, 0.29) is 16.8 Å². The molecule has 0 radical (unpaired) electrons. The molecule has 1 N–H and O–H groups in total. The molecule has 5 heteroatoms. The standard InChI is InChI=1S/C13H13FN2O2/c1-13(2,3)10-7-5-4-6-8(14)9(7)15-11(16-10)12(17)18/h4-6H,1-3H3,(H,17,18). The highest BCUT2D eigenvalue weighted by atomic mass is 19.1. The van der Waals surface area contributed by atoms with Crippen LogP contribution >= 0.6 is 0 Å². The van der Waals surface area contributed by atoms with E-state index in [1.54, 1.807) is 12.1 Å². The van der Waals surface area contributed by atoms with Crippen molar-refractivity contribution in [1.82, 2.24) is 9.97 Å². The molecule has 0 spiro atoms. The Morgan fingerprint density at radius 3 is 2.50 bits per heavy atom. The smallest absolute Gasteiger partial charge is 0.373 e. The van der Waals surface area contributed by atoms with Crippen LogP contribution in [0, 0.1) is 5.82 Å². The highest BCUT2D eigenvalue weighted by Gasteiger charge is 2.23. The number of nitrogens with zero attached hydrogens (tertiary/aromatic N) is 2. The first-order valence-electron chi connectivity index (χ1n) is 5.51. The summed E-state index contributed by atoms with van der Waals surface area (Å²) in [6, 6.07) is 4.52. The van der Waals surface area contributed by atoms with Gasteiger partial charge in [-0.05, 0) is 6.07 Å². The molecule has 1 heterocycles. The quantitative estimate of drug-likeness (QED) is 0.842. The maximum Gasteiger partial charge on any atom is 0.373 e. The molecule has 0 aliphatic carbocycles. The second kappa shape index (κ2) is 4.01. The van der Waals surface area contributed by atoms with E-state index < -0.39 is 11.8 Å². The number of para-hydroxylation sites is 1. The van der Waals surface area contributed by atoms with Crippen molar-refractivity contribution < 1.29 is 14.3 Å². The normalized spacial score (nSPS) is 11.8. The molecule has 1 aromatic heterocycles. The van der Waals surface area contributed by atoms with Gasteiger partial charge in [0.05, 0.1) is 5.69 Å². The first-order valence-corrected chi connectivity index (χ1v) is 5.51. The molecule has 2 aromatic rings. The minimum atomic E-state index is -1.26. The maximum atomic E-state index is 13.7. The van der Waals surface area contributed by atoms with Gasteiger partial charge in [-0.1, -0.05) is 32.9 Å². The summed E-state index contributed by atoms with van der Waals surface area (Å²) in [6.45, 7) is 5.68. The number of hydrogen-bond acceptors (Lipinski definition) is 3. The predicted molar refractivity (Wildman–Crippen MR) is 65.2 cm³/mol. The van der Waals surface area contributed by atoms with E-state index in [1.165, 1.54) is 6.07 Å². The van der Waals surface area contributed by atoms with E-state index in [4.69, 9.17) is 5.11 Å². The highest BCUT2D eigenvalue weighted by molar-refractivity contribution is 5.89. The van der Waals surface area contributed by atoms with Crippen LogP contribution in [0.4, 0.5) is 4.39 Å². The first kappa shape index (κ1) is 12.4. The third-order valence-electron chi connectivity index (χ3n) is 2.58. The lowest BCUT2D eigenvalue weighted by Crippen LogP contribution is -2.18. The third kappa shape index (κ3) is 2.03. The van der Waals surface area contributed by atoms with E-state index in [2.05, 4.69) is 9.97 Å². The number of carboxylic acid groups (broad SMARTS) is 1. The van der Waals surface area contributed by atoms with E-state index >= 15 is 0 Å². The van der Waals surface area contributed by atoms with E-state index in [9.17, 15) is 9.18 Å². The zero-order chi connectivity index (χ0) is 13.5. The second-order valence-electron chi connectivity index (χ2n) is 5.09. The summed E-state index contributed by atoms with van der Waals surface area (Å²) in [5.41, 5.74) is 0.193. The Balaban J connectivity index is 2.91. The third-order valence-corrected chi connectivity index (χ3v) is 2.58. The molecule has 0 saturated heterocycles. The lowest BCUT2D eigenvalue weighted by atomic mass is 9.89. The van der Waals surface area contributed by atoms with Gasteiger partial charge in [0.25, 0.3) is 0 Å². The van der Waals surface area contributed by atoms with Crippen molar-refractivity contribution in [1.29, 1.82) is 0 Å². The van der Waals surface area contributed by atoms with Gasteiger partial charge in [-0.3, -0.25) is 0 Å². The number of hydrogen-bond donors (Lipinski definition) is 1. The van der Waals surface area contributed by atoms with E-state index in [0.29, 0.717) is 11.1 Å². The Morgan fingerprint density at radius 2 is 1.94 bits per heavy atom. The molecule has 2 rings (SSSR count). The number of rotatable bonds is 1. The molecule has 0 unspecified atom stereocenters. The van der Waals surface area contributed by atoms with Crippen LogP contribution in [0.1, 0.15) is 37.1 Å². The van der Waals surface area contributed by atoms with Gasteiger partial charge in [-0.25, -0.2) is 19.2 Å². The van der Waals surface area contributed by atoms with Gasteiger partial charge >= 0.3 is 5.97 Å². The van der Waals surface area contributed by atoms with Crippen molar-refractivity contribution >= 4 is 16.9 Å². The summed E-state index contributed by atoms with van der Waals surface area (Å²) in [4.78, 5) is 18.8. The lowest BCUT2D eigenvalue weighted by Gasteiger charge is -2.20. The number of carbonyl (C=O) groups is 1. The van der Waals surface area contributed by atoms with Crippen LogP contribution in [0.3, 0.4) is 0 Å². The molecule has 1 aromatic carbocycles. The number of aromatic nitrogens is 2. The average Bonchev–Trinajstić information content (AvgIpc) is 2.27. The van der Waals surface area contributed by atoms with Gasteiger partial charge in [0.1, 0.15) is 11.3 Å². The van der Waals surface area contributed by atoms with Gasteiger partial charge in [0.15, 0.2) is 0 Å². The number of halogens is 1. The first-order chi connectivity index (χ1) is 8.30. The molecule has 0 atom stereocenters. The molecule has 18 heavy (non-hydrogen) atoms. The molecular weight excluding hydrogens is 235 g/mol. The van der Waals surface area contributed by atoms with E-state index in [0.717, 1.165) is 0 Å².